The van der Waals surface area contributed by atoms with Gasteiger partial charge in [-0.25, -0.2) is 5.01 Å². The molecule has 0 radical (unpaired) electrons. The third-order valence-electron chi connectivity index (χ3n) is 7.95. The normalized spacial score (nSPS) is 24.6. The number of benzene rings is 2. The third kappa shape index (κ3) is 5.45. The highest BCUT2D eigenvalue weighted by molar-refractivity contribution is 5.93. The van der Waals surface area contributed by atoms with Crippen LogP contribution in [0.25, 0.3) is 0 Å². The van der Waals surface area contributed by atoms with Crippen molar-refractivity contribution >= 4 is 5.91 Å². The van der Waals surface area contributed by atoms with Gasteiger partial charge < -0.3 is 5.11 Å². The van der Waals surface area contributed by atoms with Crippen molar-refractivity contribution in [3.63, 3.8) is 0 Å². The number of nitrogens with zero attached hydrogens (tertiary/aromatic N) is 3. The molecular formula is C29H38N4O2. The summed E-state index contributed by atoms with van der Waals surface area (Å²) < 4.78 is 0. The number of fused-ring (bicyclic) bond motifs is 2. The lowest BCUT2D eigenvalue weighted by atomic mass is 9.94. The molecule has 35 heavy (non-hydrogen) atoms. The molecule has 3 fully saturated rings. The first-order chi connectivity index (χ1) is 17.1. The third-order valence-corrected chi connectivity index (χ3v) is 7.95. The van der Waals surface area contributed by atoms with Gasteiger partial charge in [0.15, 0.2) is 0 Å². The fourth-order valence-corrected chi connectivity index (χ4v) is 6.25. The molecule has 3 saturated heterocycles. The van der Waals surface area contributed by atoms with E-state index >= 15 is 0 Å². The molecule has 186 valence electrons. The van der Waals surface area contributed by atoms with Gasteiger partial charge >= 0.3 is 0 Å². The Labute approximate surface area is 209 Å². The number of rotatable bonds is 7. The maximum absolute atomic E-state index is 12.8. The van der Waals surface area contributed by atoms with Crippen molar-refractivity contribution in [2.24, 2.45) is 0 Å². The lowest BCUT2D eigenvalue weighted by molar-refractivity contribution is 0.0826. The van der Waals surface area contributed by atoms with Gasteiger partial charge in [-0.1, -0.05) is 36.8 Å². The smallest absolute Gasteiger partial charge is 0.265 e. The summed E-state index contributed by atoms with van der Waals surface area (Å²) in [5, 5.41) is 12.3. The van der Waals surface area contributed by atoms with E-state index in [2.05, 4.69) is 40.0 Å². The number of hydrogen-bond donors (Lipinski definition) is 2. The van der Waals surface area contributed by atoms with E-state index in [-0.39, 0.29) is 17.7 Å². The van der Waals surface area contributed by atoms with Crippen LogP contribution in [0.2, 0.25) is 0 Å². The number of piperidine rings is 1. The van der Waals surface area contributed by atoms with Crippen LogP contribution in [0, 0.1) is 0 Å². The second-order valence-corrected chi connectivity index (χ2v) is 10.3. The Morgan fingerprint density at radius 3 is 2.51 bits per heavy atom. The molecule has 2 N–H and O–H groups in total. The standard InChI is InChI=1S/C29H38N4O2/c1-2-16-33-25-8-6-9-26(33)21-31(19-15-25)28(24-7-5-10-27(34)20-24)22-11-13-23(14-12-22)29(35)30-32-17-3-4-18-32/h2,5,7,10-14,20,25-26,28,34H,1,3-4,6,8-9,15-19,21H2,(H,30,35). The Morgan fingerprint density at radius 2 is 1.77 bits per heavy atom. The van der Waals surface area contributed by atoms with Gasteiger partial charge in [0, 0.05) is 50.4 Å². The van der Waals surface area contributed by atoms with Crippen LogP contribution in [-0.4, -0.2) is 70.6 Å². The number of nitrogens with one attached hydrogen (secondary N) is 1. The van der Waals surface area contributed by atoms with E-state index in [1.54, 1.807) is 6.07 Å². The molecule has 3 unspecified atom stereocenters. The number of carbonyl (C=O) groups excluding carboxylic acids is 1. The monoisotopic (exact) mass is 474 g/mol. The molecule has 2 aromatic rings. The average molecular weight is 475 g/mol. The van der Waals surface area contributed by atoms with E-state index in [9.17, 15) is 9.90 Å². The molecule has 0 spiro atoms. The predicted molar refractivity (Wildman–Crippen MR) is 139 cm³/mol. The van der Waals surface area contributed by atoms with E-state index in [0.717, 1.165) is 63.1 Å². The largest absolute Gasteiger partial charge is 0.508 e. The molecule has 5 rings (SSSR count). The molecular weight excluding hydrogens is 436 g/mol. The van der Waals surface area contributed by atoms with Gasteiger partial charge in [0.25, 0.3) is 5.91 Å². The number of aromatic hydroxyl groups is 1. The summed E-state index contributed by atoms with van der Waals surface area (Å²) in [5.74, 6) is 0.243. The zero-order chi connectivity index (χ0) is 24.2. The number of hydrogen-bond acceptors (Lipinski definition) is 5. The van der Waals surface area contributed by atoms with Crippen molar-refractivity contribution in [2.75, 3.05) is 32.7 Å². The molecule has 3 aliphatic rings. The van der Waals surface area contributed by atoms with Crippen molar-refractivity contribution < 1.29 is 9.90 Å². The molecule has 3 heterocycles. The Hall–Kier alpha value is -2.67. The van der Waals surface area contributed by atoms with Crippen molar-refractivity contribution in [2.45, 2.75) is 56.7 Å². The van der Waals surface area contributed by atoms with Gasteiger partial charge in [0.1, 0.15) is 5.75 Å². The summed E-state index contributed by atoms with van der Waals surface area (Å²) in [6.45, 7) is 8.79. The predicted octanol–water partition coefficient (Wildman–Crippen LogP) is 4.34. The van der Waals surface area contributed by atoms with Crippen LogP contribution in [0.4, 0.5) is 0 Å². The molecule has 0 aliphatic carbocycles. The fourth-order valence-electron chi connectivity index (χ4n) is 6.25. The molecule has 2 bridgehead atoms. The van der Waals surface area contributed by atoms with Gasteiger partial charge in [-0.15, -0.1) is 6.58 Å². The van der Waals surface area contributed by atoms with E-state index in [4.69, 9.17) is 0 Å². The van der Waals surface area contributed by atoms with Gasteiger partial charge in [-0.2, -0.15) is 0 Å². The summed E-state index contributed by atoms with van der Waals surface area (Å²) >= 11 is 0. The molecule has 3 atom stereocenters. The first-order valence-corrected chi connectivity index (χ1v) is 13.2. The maximum Gasteiger partial charge on any atom is 0.265 e. The lowest BCUT2D eigenvalue weighted by Crippen LogP contribution is -2.48. The molecule has 0 saturated carbocycles. The SMILES string of the molecule is C=CCN1C2CCCC1CN(C(c1ccc(C(=O)NN3CCCC3)cc1)c1cccc(O)c1)CC2. The highest BCUT2D eigenvalue weighted by Crippen LogP contribution is 2.36. The van der Waals surface area contributed by atoms with Crippen molar-refractivity contribution in [3.05, 3.63) is 77.9 Å². The van der Waals surface area contributed by atoms with Gasteiger partial charge in [-0.3, -0.25) is 20.0 Å². The van der Waals surface area contributed by atoms with Crippen molar-refractivity contribution in [1.82, 2.24) is 20.2 Å². The Kier molecular flexibility index (Phi) is 7.51. The molecule has 2 aromatic carbocycles. The molecule has 3 aliphatic heterocycles. The molecule has 1 amide bonds. The zero-order valence-corrected chi connectivity index (χ0v) is 20.6. The number of amides is 1. The van der Waals surface area contributed by atoms with Crippen molar-refractivity contribution in [3.8, 4) is 5.75 Å². The minimum atomic E-state index is -0.0454. The highest BCUT2D eigenvalue weighted by atomic mass is 16.3. The first-order valence-electron chi connectivity index (χ1n) is 13.2. The summed E-state index contributed by atoms with van der Waals surface area (Å²) in [4.78, 5) is 18.0. The zero-order valence-electron chi connectivity index (χ0n) is 20.6. The number of carbonyl (C=O) groups is 1. The van der Waals surface area contributed by atoms with Crippen LogP contribution in [0.5, 0.6) is 5.75 Å². The van der Waals surface area contributed by atoms with Gasteiger partial charge in [0.05, 0.1) is 6.04 Å². The van der Waals surface area contributed by atoms with E-state index in [1.165, 1.54) is 19.3 Å². The first kappa shape index (κ1) is 24.0. The van der Waals surface area contributed by atoms with E-state index in [0.29, 0.717) is 17.6 Å². The Balaban J connectivity index is 1.42. The molecule has 0 aromatic heterocycles. The quantitative estimate of drug-likeness (QED) is 0.585. The van der Waals surface area contributed by atoms with Crippen LogP contribution in [0.15, 0.2) is 61.2 Å². The van der Waals surface area contributed by atoms with Crippen LogP contribution >= 0.6 is 0 Å². The second-order valence-electron chi connectivity index (χ2n) is 10.3. The Bertz CT molecular complexity index is 1020. The summed E-state index contributed by atoms with van der Waals surface area (Å²) in [5.41, 5.74) is 5.96. The minimum absolute atomic E-state index is 0.0303. The summed E-state index contributed by atoms with van der Waals surface area (Å²) in [7, 11) is 0. The van der Waals surface area contributed by atoms with Crippen molar-refractivity contribution in [1.29, 1.82) is 0 Å². The van der Waals surface area contributed by atoms with Crippen LogP contribution in [-0.2, 0) is 0 Å². The van der Waals surface area contributed by atoms with Gasteiger partial charge in [-0.05, 0) is 67.5 Å². The van der Waals surface area contributed by atoms with Gasteiger partial charge in [0.2, 0.25) is 0 Å². The average Bonchev–Trinajstić information content (AvgIpc) is 3.35. The minimum Gasteiger partial charge on any atom is -0.508 e. The summed E-state index contributed by atoms with van der Waals surface area (Å²) in [6, 6.07) is 16.9. The second kappa shape index (κ2) is 10.9. The van der Waals surface area contributed by atoms with Crippen LogP contribution < -0.4 is 5.43 Å². The fraction of sp³-hybridized carbons (Fsp3) is 0.483. The molecule has 6 nitrogen and oxygen atoms in total. The van der Waals surface area contributed by atoms with Crippen LogP contribution in [0.1, 0.15) is 66.1 Å². The Morgan fingerprint density at radius 1 is 1.00 bits per heavy atom. The van der Waals surface area contributed by atoms with Crippen LogP contribution in [0.3, 0.4) is 0 Å². The number of phenols is 1. The lowest BCUT2D eigenvalue weighted by Gasteiger charge is -2.41. The maximum atomic E-state index is 12.8. The number of hydrazine groups is 1. The topological polar surface area (TPSA) is 59.0 Å². The van der Waals surface area contributed by atoms with E-state index in [1.807, 2.05) is 35.4 Å². The number of phenolic OH excluding ortho intramolecular Hbond substituents is 1. The molecule has 6 heteroatoms. The highest BCUT2D eigenvalue weighted by Gasteiger charge is 2.36. The summed E-state index contributed by atoms with van der Waals surface area (Å²) in [6.07, 6.45) is 9.20. The van der Waals surface area contributed by atoms with E-state index < -0.39 is 0 Å².